The number of carbonyl (C=O) groups is 1. The third-order valence-electron chi connectivity index (χ3n) is 7.35. The van der Waals surface area contributed by atoms with Crippen LogP contribution in [0, 0.1) is 16.0 Å². The highest BCUT2D eigenvalue weighted by atomic mass is 16.6. The number of aryl methyl sites for hydroxylation is 1. The second-order valence-corrected chi connectivity index (χ2v) is 9.94. The minimum Gasteiger partial charge on any atom is -0.345 e. The van der Waals surface area contributed by atoms with E-state index in [1.54, 1.807) is 10.6 Å². The van der Waals surface area contributed by atoms with Gasteiger partial charge >= 0.3 is 11.2 Å². The Morgan fingerprint density at radius 2 is 1.94 bits per heavy atom. The molecular weight excluding hydrogens is 432 g/mol. The van der Waals surface area contributed by atoms with Gasteiger partial charge in [0.05, 0.1) is 4.92 Å². The number of para-hydroxylation sites is 1. The number of carbonyl (C=O) groups excluding carboxylic acids is 1. The van der Waals surface area contributed by atoms with Crippen LogP contribution in [0.4, 0.5) is 5.69 Å². The molecule has 1 unspecified atom stereocenters. The summed E-state index contributed by atoms with van der Waals surface area (Å²) in [5.74, 6) is 0.355. The molecule has 2 bridgehead atoms. The third-order valence-corrected chi connectivity index (χ3v) is 7.35. The van der Waals surface area contributed by atoms with Crippen molar-refractivity contribution in [3.63, 3.8) is 0 Å². The van der Waals surface area contributed by atoms with Gasteiger partial charge < -0.3 is 14.0 Å². The van der Waals surface area contributed by atoms with Gasteiger partial charge in [-0.25, -0.2) is 0 Å². The zero-order valence-corrected chi connectivity index (χ0v) is 19.6. The Bertz CT molecular complexity index is 1320. The lowest BCUT2D eigenvalue weighted by atomic mass is 9.83. The number of nitrogens with zero attached hydrogens (tertiary/aromatic N) is 4. The molecule has 0 saturated carbocycles. The average molecular weight is 463 g/mol. The van der Waals surface area contributed by atoms with Gasteiger partial charge in [-0.3, -0.25) is 19.7 Å². The molecule has 8 nitrogen and oxygen atoms in total. The van der Waals surface area contributed by atoms with Gasteiger partial charge in [0.1, 0.15) is 0 Å². The van der Waals surface area contributed by atoms with Crippen molar-refractivity contribution in [2.24, 2.45) is 5.92 Å². The Hall–Kier alpha value is -3.42. The molecular formula is C26H30N4O4. The molecule has 0 aliphatic carbocycles. The van der Waals surface area contributed by atoms with Gasteiger partial charge in [0.2, 0.25) is 5.91 Å². The second-order valence-electron chi connectivity index (χ2n) is 9.94. The predicted molar refractivity (Wildman–Crippen MR) is 130 cm³/mol. The summed E-state index contributed by atoms with van der Waals surface area (Å²) in [6.45, 7) is 5.97. The minimum atomic E-state index is -0.617. The summed E-state index contributed by atoms with van der Waals surface area (Å²) in [4.78, 5) is 38.1. The Morgan fingerprint density at radius 3 is 2.71 bits per heavy atom. The predicted octanol–water partition coefficient (Wildman–Crippen LogP) is 4.26. The van der Waals surface area contributed by atoms with Crippen LogP contribution in [0.5, 0.6) is 0 Å². The Morgan fingerprint density at radius 1 is 1.15 bits per heavy atom. The molecule has 0 radical (unpaired) electrons. The lowest BCUT2D eigenvalue weighted by Gasteiger charge is -2.42. The van der Waals surface area contributed by atoms with E-state index in [0.717, 1.165) is 25.0 Å². The largest absolute Gasteiger partial charge is 0.345 e. The first-order chi connectivity index (χ1) is 16.3. The maximum absolute atomic E-state index is 13.1. The topological polar surface area (TPSA) is 90.4 Å². The lowest BCUT2D eigenvalue weighted by Crippen LogP contribution is -2.49. The normalized spacial score (nSPS) is 19.4. The summed E-state index contributed by atoms with van der Waals surface area (Å²) in [5.41, 5.74) is 2.41. The highest BCUT2D eigenvalue weighted by molar-refractivity contribution is 5.84. The van der Waals surface area contributed by atoms with Crippen LogP contribution in [0.15, 0.2) is 47.4 Å². The molecule has 2 aliphatic rings. The fraction of sp³-hybridized carbons (Fsp3) is 0.462. The van der Waals surface area contributed by atoms with Crippen molar-refractivity contribution < 1.29 is 9.72 Å². The van der Waals surface area contributed by atoms with Crippen LogP contribution in [0.1, 0.15) is 56.3 Å². The number of rotatable bonds is 6. The van der Waals surface area contributed by atoms with Gasteiger partial charge in [0.15, 0.2) is 0 Å². The van der Waals surface area contributed by atoms with Gasteiger partial charge in [0, 0.05) is 66.9 Å². The second kappa shape index (κ2) is 8.74. The summed E-state index contributed by atoms with van der Waals surface area (Å²) in [6.07, 6.45) is 5.27. The number of likely N-dealkylation sites (tertiary alicyclic amines) is 1. The van der Waals surface area contributed by atoms with Gasteiger partial charge in [-0.05, 0) is 56.7 Å². The monoisotopic (exact) mass is 462 g/mol. The van der Waals surface area contributed by atoms with Crippen molar-refractivity contribution in [1.29, 1.82) is 0 Å². The number of fused-ring (bicyclic) bond motifs is 5. The molecule has 1 aromatic carbocycles. The molecule has 2 aliphatic heterocycles. The standard InChI is InChI=1S/C26H30N4O4/c1-17(2)28-16-19(21-7-3-4-8-23(21)28)6-5-9-25(31)27-13-18-12-20(15-27)22-10-11-24(30(33)34)26(32)29(22)14-18/h3-4,7-8,10-11,16-18,20H,5-6,9,12-15H2,1-2H3/t18-,20?/m0/s1. The maximum atomic E-state index is 13.1. The SMILES string of the molecule is CC(C)n1cc(CCCC(=O)N2CC3C[C@@H](C2)Cn2c3ccc([N+](=O)[O-])c2=O)c2ccccc21. The highest BCUT2D eigenvalue weighted by Gasteiger charge is 2.37. The van der Waals surface area contributed by atoms with Crippen LogP contribution < -0.4 is 5.56 Å². The fourth-order valence-corrected chi connectivity index (χ4v) is 5.77. The quantitative estimate of drug-likeness (QED) is 0.404. The number of amides is 1. The number of piperidine rings is 1. The number of hydrogen-bond acceptors (Lipinski definition) is 4. The van der Waals surface area contributed by atoms with Crippen molar-refractivity contribution in [3.8, 4) is 0 Å². The third kappa shape index (κ3) is 3.91. The van der Waals surface area contributed by atoms with Crippen LogP contribution in [-0.2, 0) is 17.8 Å². The Balaban J connectivity index is 1.26. The molecule has 34 heavy (non-hydrogen) atoms. The van der Waals surface area contributed by atoms with Crippen LogP contribution in [-0.4, -0.2) is 38.0 Å². The molecule has 2 aromatic heterocycles. The zero-order chi connectivity index (χ0) is 24.0. The maximum Gasteiger partial charge on any atom is 0.334 e. The number of hydrogen-bond donors (Lipinski definition) is 0. The van der Waals surface area contributed by atoms with Crippen LogP contribution in [0.2, 0.25) is 0 Å². The van der Waals surface area contributed by atoms with E-state index in [1.807, 2.05) is 4.90 Å². The summed E-state index contributed by atoms with van der Waals surface area (Å²) in [5, 5.41) is 12.4. The van der Waals surface area contributed by atoms with Gasteiger partial charge in [-0.15, -0.1) is 0 Å². The van der Waals surface area contributed by atoms with E-state index in [-0.39, 0.29) is 23.4 Å². The molecule has 3 aromatic rings. The van der Waals surface area contributed by atoms with Crippen molar-refractivity contribution in [3.05, 3.63) is 74.3 Å². The molecule has 2 atom stereocenters. The summed E-state index contributed by atoms with van der Waals surface area (Å²) < 4.78 is 3.85. The minimum absolute atomic E-state index is 0.0500. The summed E-state index contributed by atoms with van der Waals surface area (Å²) in [6, 6.07) is 11.8. The Kier molecular flexibility index (Phi) is 5.75. The number of pyridine rings is 1. The van der Waals surface area contributed by atoms with E-state index in [2.05, 4.69) is 48.9 Å². The molecule has 4 heterocycles. The van der Waals surface area contributed by atoms with E-state index in [1.165, 1.54) is 22.5 Å². The number of aromatic nitrogens is 2. The van der Waals surface area contributed by atoms with Crippen LogP contribution >= 0.6 is 0 Å². The molecule has 8 heteroatoms. The number of benzene rings is 1. The molecule has 0 spiro atoms. The first kappa shape index (κ1) is 22.4. The van der Waals surface area contributed by atoms with Crippen LogP contribution in [0.25, 0.3) is 10.9 Å². The lowest BCUT2D eigenvalue weighted by molar-refractivity contribution is -0.386. The summed E-state index contributed by atoms with van der Waals surface area (Å²) in [7, 11) is 0. The first-order valence-electron chi connectivity index (χ1n) is 12.1. The molecule has 5 rings (SSSR count). The summed E-state index contributed by atoms with van der Waals surface area (Å²) >= 11 is 0. The van der Waals surface area contributed by atoms with E-state index in [0.29, 0.717) is 32.1 Å². The van der Waals surface area contributed by atoms with Gasteiger partial charge in [-0.1, -0.05) is 18.2 Å². The molecule has 1 amide bonds. The molecule has 178 valence electrons. The van der Waals surface area contributed by atoms with Crippen molar-refractivity contribution in [2.45, 2.75) is 58.0 Å². The van der Waals surface area contributed by atoms with Crippen molar-refractivity contribution >= 4 is 22.5 Å². The van der Waals surface area contributed by atoms with Crippen molar-refractivity contribution in [1.82, 2.24) is 14.0 Å². The van der Waals surface area contributed by atoms with E-state index >= 15 is 0 Å². The Labute approximate surface area is 197 Å². The van der Waals surface area contributed by atoms with Crippen LogP contribution in [0.3, 0.4) is 0 Å². The molecule has 0 N–H and O–H groups in total. The molecule has 1 saturated heterocycles. The fourth-order valence-electron chi connectivity index (χ4n) is 5.77. The smallest absolute Gasteiger partial charge is 0.334 e. The van der Waals surface area contributed by atoms with E-state index in [9.17, 15) is 19.7 Å². The van der Waals surface area contributed by atoms with Gasteiger partial charge in [-0.2, -0.15) is 0 Å². The highest BCUT2D eigenvalue weighted by Crippen LogP contribution is 2.36. The van der Waals surface area contributed by atoms with Crippen molar-refractivity contribution in [2.75, 3.05) is 13.1 Å². The molecule has 1 fully saturated rings. The first-order valence-corrected chi connectivity index (χ1v) is 12.1. The number of nitro groups is 1. The van der Waals surface area contributed by atoms with Gasteiger partial charge in [0.25, 0.3) is 0 Å². The average Bonchev–Trinajstić information content (AvgIpc) is 3.18. The van der Waals surface area contributed by atoms with E-state index < -0.39 is 10.5 Å². The zero-order valence-electron chi connectivity index (χ0n) is 19.6. The van der Waals surface area contributed by atoms with E-state index in [4.69, 9.17) is 0 Å².